The predicted molar refractivity (Wildman–Crippen MR) is 62.1 cm³/mol. The van der Waals surface area contributed by atoms with E-state index in [1.807, 2.05) is 0 Å². The Hall–Kier alpha value is -0.870. The van der Waals surface area contributed by atoms with Gasteiger partial charge in [-0.3, -0.25) is 10.1 Å². The number of ether oxygens (including phenoxy) is 1. The molecule has 1 rings (SSSR count). The summed E-state index contributed by atoms with van der Waals surface area (Å²) in [4.78, 5) is 10.7. The number of allylic oxidation sites excluding steroid dienone is 2. The van der Waals surface area contributed by atoms with Crippen LogP contribution in [0.25, 0.3) is 0 Å². The maximum Gasteiger partial charge on any atom is 0.323 e. The van der Waals surface area contributed by atoms with Crippen LogP contribution in [0, 0.1) is 5.92 Å². The Morgan fingerprint density at radius 1 is 1.62 bits per heavy atom. The smallest absolute Gasteiger partial charge is 0.323 e. The highest BCUT2D eigenvalue weighted by atomic mass is 16.5. The van der Waals surface area contributed by atoms with E-state index in [4.69, 9.17) is 9.84 Å². The van der Waals surface area contributed by atoms with Crippen LogP contribution in [0.5, 0.6) is 0 Å². The zero-order valence-electron chi connectivity index (χ0n) is 10.2. The van der Waals surface area contributed by atoms with Gasteiger partial charge >= 0.3 is 5.97 Å². The van der Waals surface area contributed by atoms with Crippen molar-refractivity contribution >= 4 is 5.97 Å². The number of carboxylic acid groups (broad SMARTS) is 1. The summed E-state index contributed by atoms with van der Waals surface area (Å²) >= 11 is 0. The largest absolute Gasteiger partial charge is 0.480 e. The van der Waals surface area contributed by atoms with Crippen molar-refractivity contribution in [1.82, 2.24) is 5.32 Å². The second kappa shape index (κ2) is 6.01. The molecular formula is C12H21NO3. The monoisotopic (exact) mass is 227 g/mol. The summed E-state index contributed by atoms with van der Waals surface area (Å²) in [6.07, 6.45) is 4.10. The Balaban J connectivity index is 2.31. The number of aliphatic carboxylic acids is 1. The second-order valence-corrected chi connectivity index (χ2v) is 4.65. The fourth-order valence-corrected chi connectivity index (χ4v) is 1.75. The molecule has 0 aliphatic carbocycles. The van der Waals surface area contributed by atoms with Crippen LogP contribution >= 0.6 is 0 Å². The highest BCUT2D eigenvalue weighted by molar-refractivity contribution is 5.73. The van der Waals surface area contributed by atoms with Gasteiger partial charge in [-0.15, -0.1) is 0 Å². The number of nitrogens with one attached hydrogen (secondary N) is 1. The average molecular weight is 227 g/mol. The van der Waals surface area contributed by atoms with E-state index in [0.717, 1.165) is 12.8 Å². The SMILES string of the molecule is CC(C)=CCCC(C)C1N[C@H](C(=O)O)CO1. The first kappa shape index (κ1) is 13.2. The molecule has 92 valence electrons. The summed E-state index contributed by atoms with van der Waals surface area (Å²) in [6, 6.07) is -0.545. The first-order valence-corrected chi connectivity index (χ1v) is 5.74. The van der Waals surface area contributed by atoms with Crippen LogP contribution in [0.1, 0.15) is 33.6 Å². The van der Waals surface area contributed by atoms with Crippen LogP contribution in [-0.2, 0) is 9.53 Å². The van der Waals surface area contributed by atoms with Crippen molar-refractivity contribution in [2.45, 2.75) is 45.9 Å². The van der Waals surface area contributed by atoms with Crippen LogP contribution in [0.2, 0.25) is 0 Å². The molecule has 3 atom stereocenters. The fourth-order valence-electron chi connectivity index (χ4n) is 1.75. The van der Waals surface area contributed by atoms with Crippen LogP contribution < -0.4 is 5.32 Å². The molecule has 1 saturated heterocycles. The van der Waals surface area contributed by atoms with Crippen LogP contribution in [-0.4, -0.2) is 30.0 Å². The number of carbonyl (C=O) groups is 1. The molecule has 0 saturated carbocycles. The molecule has 4 nitrogen and oxygen atoms in total. The Labute approximate surface area is 96.7 Å². The molecule has 0 aromatic rings. The Morgan fingerprint density at radius 3 is 2.81 bits per heavy atom. The van der Waals surface area contributed by atoms with E-state index >= 15 is 0 Å². The van der Waals surface area contributed by atoms with Gasteiger partial charge < -0.3 is 9.84 Å². The third-order valence-electron chi connectivity index (χ3n) is 2.80. The molecule has 1 heterocycles. The number of hydrogen-bond acceptors (Lipinski definition) is 3. The maximum absolute atomic E-state index is 10.7. The van der Waals surface area contributed by atoms with E-state index in [2.05, 4.69) is 32.2 Å². The summed E-state index contributed by atoms with van der Waals surface area (Å²) in [5.41, 5.74) is 1.32. The third kappa shape index (κ3) is 3.94. The van der Waals surface area contributed by atoms with Crippen molar-refractivity contribution < 1.29 is 14.6 Å². The van der Waals surface area contributed by atoms with Crippen LogP contribution in [0.15, 0.2) is 11.6 Å². The summed E-state index contributed by atoms with van der Waals surface area (Å²) in [6.45, 7) is 6.51. The number of hydrogen-bond donors (Lipinski definition) is 2. The molecule has 16 heavy (non-hydrogen) atoms. The van der Waals surface area contributed by atoms with E-state index in [9.17, 15) is 4.79 Å². The Kier molecular flexibility index (Phi) is 4.96. The quantitative estimate of drug-likeness (QED) is 0.703. The highest BCUT2D eigenvalue weighted by Crippen LogP contribution is 2.17. The second-order valence-electron chi connectivity index (χ2n) is 4.65. The topological polar surface area (TPSA) is 58.6 Å². The summed E-state index contributed by atoms with van der Waals surface area (Å²) in [5.74, 6) is -0.501. The number of carboxylic acids is 1. The highest BCUT2D eigenvalue weighted by Gasteiger charge is 2.32. The average Bonchev–Trinajstić information content (AvgIpc) is 2.65. The molecule has 0 radical (unpaired) electrons. The molecule has 0 amide bonds. The normalized spacial score (nSPS) is 26.4. The number of rotatable bonds is 5. The van der Waals surface area contributed by atoms with E-state index in [1.165, 1.54) is 5.57 Å². The van der Waals surface area contributed by atoms with Gasteiger partial charge in [0.1, 0.15) is 12.3 Å². The van der Waals surface area contributed by atoms with Crippen molar-refractivity contribution in [2.24, 2.45) is 5.92 Å². The first-order valence-electron chi connectivity index (χ1n) is 5.74. The lowest BCUT2D eigenvalue weighted by molar-refractivity contribution is -0.139. The lowest BCUT2D eigenvalue weighted by Crippen LogP contribution is -2.39. The fraction of sp³-hybridized carbons (Fsp3) is 0.750. The lowest BCUT2D eigenvalue weighted by Gasteiger charge is -2.18. The lowest BCUT2D eigenvalue weighted by atomic mass is 10.0. The van der Waals surface area contributed by atoms with Gasteiger partial charge in [-0.05, 0) is 32.6 Å². The van der Waals surface area contributed by atoms with Gasteiger partial charge in [0.2, 0.25) is 0 Å². The standard InChI is InChI=1S/C12H21NO3/c1-8(2)5-4-6-9(3)11-13-10(7-16-11)12(14)15/h5,9-11,13H,4,6-7H2,1-3H3,(H,14,15)/t9?,10-,11?/m0/s1. The molecule has 0 bridgehead atoms. The van der Waals surface area contributed by atoms with E-state index in [0.29, 0.717) is 5.92 Å². The Bertz CT molecular complexity index is 271. The van der Waals surface area contributed by atoms with E-state index in [-0.39, 0.29) is 12.8 Å². The molecule has 1 aliphatic heterocycles. The summed E-state index contributed by atoms with van der Waals surface area (Å²) < 4.78 is 5.43. The summed E-state index contributed by atoms with van der Waals surface area (Å²) in [7, 11) is 0. The molecule has 0 aromatic heterocycles. The van der Waals surface area contributed by atoms with Gasteiger partial charge in [-0.25, -0.2) is 0 Å². The first-order chi connectivity index (χ1) is 7.50. The van der Waals surface area contributed by atoms with Crippen molar-refractivity contribution in [3.05, 3.63) is 11.6 Å². The minimum absolute atomic E-state index is 0.119. The molecule has 1 aliphatic rings. The van der Waals surface area contributed by atoms with E-state index in [1.54, 1.807) is 0 Å². The third-order valence-corrected chi connectivity index (χ3v) is 2.80. The van der Waals surface area contributed by atoms with Crippen LogP contribution in [0.4, 0.5) is 0 Å². The molecule has 2 N–H and O–H groups in total. The zero-order valence-corrected chi connectivity index (χ0v) is 10.2. The van der Waals surface area contributed by atoms with E-state index < -0.39 is 12.0 Å². The minimum Gasteiger partial charge on any atom is -0.480 e. The van der Waals surface area contributed by atoms with Gasteiger partial charge in [0.15, 0.2) is 0 Å². The van der Waals surface area contributed by atoms with Gasteiger partial charge in [0.25, 0.3) is 0 Å². The van der Waals surface area contributed by atoms with Crippen LogP contribution in [0.3, 0.4) is 0 Å². The molecule has 4 heteroatoms. The van der Waals surface area contributed by atoms with Gasteiger partial charge in [0.05, 0.1) is 6.61 Å². The van der Waals surface area contributed by atoms with Gasteiger partial charge in [-0.1, -0.05) is 18.6 Å². The van der Waals surface area contributed by atoms with Crippen molar-refractivity contribution in [1.29, 1.82) is 0 Å². The van der Waals surface area contributed by atoms with Crippen molar-refractivity contribution in [2.75, 3.05) is 6.61 Å². The molecule has 1 fully saturated rings. The maximum atomic E-state index is 10.7. The zero-order chi connectivity index (χ0) is 12.1. The van der Waals surface area contributed by atoms with Gasteiger partial charge in [0, 0.05) is 0 Å². The van der Waals surface area contributed by atoms with Crippen molar-refractivity contribution in [3.8, 4) is 0 Å². The summed E-state index contributed by atoms with van der Waals surface area (Å²) in [5, 5.41) is 11.8. The molecular weight excluding hydrogens is 206 g/mol. The molecule has 0 aromatic carbocycles. The molecule has 2 unspecified atom stereocenters. The Morgan fingerprint density at radius 2 is 2.31 bits per heavy atom. The predicted octanol–water partition coefficient (Wildman–Crippen LogP) is 1.77. The van der Waals surface area contributed by atoms with Crippen molar-refractivity contribution in [3.63, 3.8) is 0 Å². The molecule has 0 spiro atoms. The minimum atomic E-state index is -0.834. The van der Waals surface area contributed by atoms with Gasteiger partial charge in [-0.2, -0.15) is 0 Å².